The van der Waals surface area contributed by atoms with Crippen LogP contribution in [0, 0.1) is 0 Å². The molecule has 0 unspecified atom stereocenters. The molecule has 1 aliphatic rings. The molecule has 0 aliphatic carbocycles. The van der Waals surface area contributed by atoms with Gasteiger partial charge in [0.2, 0.25) is 0 Å². The van der Waals surface area contributed by atoms with Crippen LogP contribution in [0.15, 0.2) is 24.3 Å². The van der Waals surface area contributed by atoms with Gasteiger partial charge in [-0.2, -0.15) is 13.2 Å². The summed E-state index contributed by atoms with van der Waals surface area (Å²) >= 11 is 1.09. The number of rotatable bonds is 5. The third kappa shape index (κ3) is 5.38. The highest BCUT2D eigenvalue weighted by Gasteiger charge is 2.31. The average molecular weight is 376 g/mol. The van der Waals surface area contributed by atoms with Crippen LogP contribution in [-0.4, -0.2) is 47.0 Å². The summed E-state index contributed by atoms with van der Waals surface area (Å²) in [5.41, 5.74) is -0.964. The summed E-state index contributed by atoms with van der Waals surface area (Å²) in [6, 6.07) is 4.12. The van der Waals surface area contributed by atoms with E-state index in [0.29, 0.717) is 12.3 Å². The maximum Gasteiger partial charge on any atom is 0.416 e. The normalized spacial score (nSPS) is 15.8. The maximum absolute atomic E-state index is 12.6. The highest BCUT2D eigenvalue weighted by atomic mass is 32.2. The predicted octanol–water partition coefficient (Wildman–Crippen LogP) is 2.74. The first-order chi connectivity index (χ1) is 11.7. The van der Waals surface area contributed by atoms with Gasteiger partial charge in [0.25, 0.3) is 11.1 Å². The Morgan fingerprint density at radius 3 is 2.72 bits per heavy atom. The number of carbonyl (C=O) groups excluding carboxylic acids is 3. The number of amides is 2. The van der Waals surface area contributed by atoms with Crippen LogP contribution in [0.2, 0.25) is 0 Å². The number of hydrogen-bond acceptors (Lipinski definition) is 5. The average Bonchev–Trinajstić information content (AvgIpc) is 2.91. The van der Waals surface area contributed by atoms with E-state index in [9.17, 15) is 27.6 Å². The van der Waals surface area contributed by atoms with Crippen LogP contribution in [0.5, 0.6) is 0 Å². The zero-order valence-electron chi connectivity index (χ0n) is 13.1. The monoisotopic (exact) mass is 376 g/mol. The van der Waals surface area contributed by atoms with Gasteiger partial charge in [-0.05, 0) is 25.1 Å². The number of hydrogen-bond donors (Lipinski definition) is 1. The van der Waals surface area contributed by atoms with Crippen molar-refractivity contribution >= 4 is 34.6 Å². The molecule has 1 N–H and O–H groups in total. The molecule has 2 amide bonds. The molecule has 2 rings (SSSR count). The Hall–Kier alpha value is -2.23. The fourth-order valence-electron chi connectivity index (χ4n) is 2.03. The molecule has 0 saturated carbocycles. The number of thioether (sulfide) groups is 1. The van der Waals surface area contributed by atoms with Crippen molar-refractivity contribution in [2.45, 2.75) is 19.2 Å². The van der Waals surface area contributed by atoms with Gasteiger partial charge < -0.3 is 15.0 Å². The lowest BCUT2D eigenvalue weighted by atomic mass is 10.2. The number of carbonyl (C=O) groups is 3. The molecule has 136 valence electrons. The van der Waals surface area contributed by atoms with E-state index in [1.165, 1.54) is 17.9 Å². The molecule has 6 nitrogen and oxygen atoms in total. The maximum atomic E-state index is 12.6. The van der Waals surface area contributed by atoms with Gasteiger partial charge in [-0.25, -0.2) is 0 Å². The summed E-state index contributed by atoms with van der Waals surface area (Å²) in [6.07, 6.45) is -5.74. The number of nitrogens with one attached hydrogen (secondary N) is 1. The number of alkyl halides is 3. The second kappa shape index (κ2) is 7.77. The highest BCUT2D eigenvalue weighted by Crippen LogP contribution is 2.30. The molecule has 0 radical (unpaired) electrons. The molecule has 10 heteroatoms. The van der Waals surface area contributed by atoms with E-state index < -0.39 is 29.7 Å². The predicted molar refractivity (Wildman–Crippen MR) is 85.1 cm³/mol. The number of esters is 1. The van der Waals surface area contributed by atoms with Crippen LogP contribution in [0.25, 0.3) is 0 Å². The Labute approximate surface area is 145 Å². The molecule has 1 aliphatic heterocycles. The number of ether oxygens (including phenoxy) is 1. The van der Waals surface area contributed by atoms with Crippen molar-refractivity contribution in [3.8, 4) is 0 Å². The lowest BCUT2D eigenvalue weighted by Gasteiger charge is -2.17. The fourth-order valence-corrected chi connectivity index (χ4v) is 2.85. The zero-order chi connectivity index (χ0) is 18.6. The van der Waals surface area contributed by atoms with E-state index in [0.717, 1.165) is 30.0 Å². The minimum Gasteiger partial charge on any atom is -0.451 e. The molecule has 1 heterocycles. The van der Waals surface area contributed by atoms with Crippen molar-refractivity contribution in [3.05, 3.63) is 29.8 Å². The molecule has 1 aromatic carbocycles. The lowest BCUT2D eigenvalue weighted by Crippen LogP contribution is -2.36. The van der Waals surface area contributed by atoms with Crippen LogP contribution in [-0.2, 0) is 20.5 Å². The van der Waals surface area contributed by atoms with E-state index >= 15 is 0 Å². The van der Waals surface area contributed by atoms with Crippen molar-refractivity contribution in [2.24, 2.45) is 0 Å². The molecule has 0 spiro atoms. The van der Waals surface area contributed by atoms with Crippen molar-refractivity contribution in [3.63, 3.8) is 0 Å². The first kappa shape index (κ1) is 19.1. The Balaban J connectivity index is 1.89. The number of benzene rings is 1. The van der Waals surface area contributed by atoms with Crippen molar-refractivity contribution in [1.82, 2.24) is 4.90 Å². The van der Waals surface area contributed by atoms with E-state index in [4.69, 9.17) is 4.74 Å². The lowest BCUT2D eigenvalue weighted by molar-refractivity contribution is -0.153. The molecule has 25 heavy (non-hydrogen) atoms. The largest absolute Gasteiger partial charge is 0.451 e. The SMILES string of the molecule is C[C@H](OC(=O)CN1CCSC1=O)C(=O)Nc1cccc(C(F)(F)F)c1. The van der Waals surface area contributed by atoms with E-state index in [1.807, 2.05) is 0 Å². The third-order valence-corrected chi connectivity index (χ3v) is 4.19. The van der Waals surface area contributed by atoms with E-state index in [1.54, 1.807) is 0 Å². The fraction of sp³-hybridized carbons (Fsp3) is 0.400. The summed E-state index contributed by atoms with van der Waals surface area (Å²) in [7, 11) is 0. The second-order valence-electron chi connectivity index (χ2n) is 5.24. The molecule has 0 aromatic heterocycles. The van der Waals surface area contributed by atoms with E-state index in [2.05, 4.69) is 5.32 Å². The smallest absolute Gasteiger partial charge is 0.416 e. The molecule has 1 aromatic rings. The van der Waals surface area contributed by atoms with Crippen molar-refractivity contribution in [2.75, 3.05) is 24.2 Å². The van der Waals surface area contributed by atoms with Crippen molar-refractivity contribution < 1.29 is 32.3 Å². The molecule has 1 fully saturated rings. The Bertz CT molecular complexity index is 681. The van der Waals surface area contributed by atoms with Gasteiger partial charge in [0.1, 0.15) is 6.54 Å². The molecular weight excluding hydrogens is 361 g/mol. The first-order valence-corrected chi connectivity index (χ1v) is 8.24. The standard InChI is InChI=1S/C15H15F3N2O4S/c1-9(24-12(21)8-20-5-6-25-14(20)23)13(22)19-11-4-2-3-10(7-11)15(16,17)18/h2-4,7,9H,5-6,8H2,1H3,(H,19,22)/t9-/m0/s1. The van der Waals surface area contributed by atoms with Gasteiger partial charge in [-0.15, -0.1) is 0 Å². The quantitative estimate of drug-likeness (QED) is 0.800. The van der Waals surface area contributed by atoms with Gasteiger partial charge >= 0.3 is 12.1 Å². The van der Waals surface area contributed by atoms with Crippen molar-refractivity contribution in [1.29, 1.82) is 0 Å². The van der Waals surface area contributed by atoms with E-state index in [-0.39, 0.29) is 17.5 Å². The summed E-state index contributed by atoms with van der Waals surface area (Å²) in [5.74, 6) is -0.949. The van der Waals surface area contributed by atoms with Gasteiger partial charge in [0.05, 0.1) is 5.56 Å². The highest BCUT2D eigenvalue weighted by molar-refractivity contribution is 8.13. The first-order valence-electron chi connectivity index (χ1n) is 7.26. The minimum absolute atomic E-state index is 0.0613. The number of nitrogens with zero attached hydrogens (tertiary/aromatic N) is 1. The molecular formula is C15H15F3N2O4S. The summed E-state index contributed by atoms with van der Waals surface area (Å²) in [4.78, 5) is 36.4. The third-order valence-electron chi connectivity index (χ3n) is 3.30. The number of anilines is 1. The van der Waals surface area contributed by atoms with Crippen LogP contribution in [0.4, 0.5) is 23.7 Å². The number of halogens is 3. The molecule has 1 atom stereocenters. The Morgan fingerprint density at radius 2 is 2.12 bits per heavy atom. The van der Waals surface area contributed by atoms with Gasteiger partial charge in [0.15, 0.2) is 6.10 Å². The topological polar surface area (TPSA) is 75.7 Å². The van der Waals surface area contributed by atoms with Gasteiger partial charge in [-0.3, -0.25) is 14.4 Å². The Kier molecular flexibility index (Phi) is 5.93. The Morgan fingerprint density at radius 1 is 1.40 bits per heavy atom. The van der Waals surface area contributed by atoms with Crippen LogP contribution >= 0.6 is 11.8 Å². The van der Waals surface area contributed by atoms with Gasteiger partial charge in [-0.1, -0.05) is 17.8 Å². The van der Waals surface area contributed by atoms with Crippen LogP contribution in [0.1, 0.15) is 12.5 Å². The minimum atomic E-state index is -4.53. The van der Waals surface area contributed by atoms with Gasteiger partial charge in [0, 0.05) is 18.0 Å². The summed E-state index contributed by atoms with van der Waals surface area (Å²) in [5, 5.41) is 2.02. The summed E-state index contributed by atoms with van der Waals surface area (Å²) < 4.78 is 42.9. The molecule has 0 bridgehead atoms. The zero-order valence-corrected chi connectivity index (χ0v) is 13.9. The van der Waals surface area contributed by atoms with Crippen LogP contribution in [0.3, 0.4) is 0 Å². The molecule has 1 saturated heterocycles. The van der Waals surface area contributed by atoms with Crippen LogP contribution < -0.4 is 5.32 Å². The summed E-state index contributed by atoms with van der Waals surface area (Å²) in [6.45, 7) is 1.44. The second-order valence-corrected chi connectivity index (χ2v) is 6.28.